The lowest BCUT2D eigenvalue weighted by Gasteiger charge is -2.34. The molecule has 0 saturated carbocycles. The van der Waals surface area contributed by atoms with Gasteiger partial charge in [-0.25, -0.2) is 14.4 Å². The minimum Gasteiger partial charge on any atom is -0.338 e. The first-order chi connectivity index (χ1) is 13.0. The Kier molecular flexibility index (Phi) is 4.11. The van der Waals surface area contributed by atoms with Gasteiger partial charge in [-0.3, -0.25) is 9.36 Å². The first-order valence-corrected chi connectivity index (χ1v) is 8.79. The molecular formula is C20H18FN5O. The van der Waals surface area contributed by atoms with Crippen molar-refractivity contribution in [2.24, 2.45) is 0 Å². The number of halogens is 1. The van der Waals surface area contributed by atoms with E-state index < -0.39 is 5.67 Å². The maximum Gasteiger partial charge on any atom is 0.255 e. The molecule has 2 aromatic heterocycles. The average Bonchev–Trinajstić information content (AvgIpc) is 3.10. The van der Waals surface area contributed by atoms with Crippen LogP contribution in [0.15, 0.2) is 42.9 Å². The maximum absolute atomic E-state index is 13.9. The van der Waals surface area contributed by atoms with E-state index in [1.54, 1.807) is 40.9 Å². The SMILES string of the molecule is CC1(F)CCN(C(=O)c2cnc3c(c2)ncn3-c2ccc(C#N)cc2)CC1. The summed E-state index contributed by atoms with van der Waals surface area (Å²) in [5.41, 5.74) is 1.91. The fourth-order valence-corrected chi connectivity index (χ4v) is 3.26. The molecule has 0 atom stereocenters. The van der Waals surface area contributed by atoms with E-state index in [1.807, 2.05) is 12.1 Å². The molecule has 27 heavy (non-hydrogen) atoms. The standard InChI is InChI=1S/C20H18FN5O/c1-20(21)6-8-25(9-7-20)19(27)15-10-17-18(23-12-15)26(13-24-17)16-4-2-14(11-22)3-5-16/h2-5,10,12-13H,6-9H2,1H3. The fraction of sp³-hybridized carbons (Fsp3) is 0.300. The van der Waals surface area contributed by atoms with Gasteiger partial charge in [0.2, 0.25) is 0 Å². The van der Waals surface area contributed by atoms with E-state index in [-0.39, 0.29) is 5.91 Å². The maximum atomic E-state index is 13.9. The minimum absolute atomic E-state index is 0.146. The fourth-order valence-electron chi connectivity index (χ4n) is 3.26. The first kappa shape index (κ1) is 17.2. The Labute approximate surface area is 155 Å². The summed E-state index contributed by atoms with van der Waals surface area (Å²) >= 11 is 0. The van der Waals surface area contributed by atoms with Crippen LogP contribution in [0.3, 0.4) is 0 Å². The molecule has 3 aromatic rings. The van der Waals surface area contributed by atoms with E-state index in [1.165, 1.54) is 6.20 Å². The first-order valence-electron chi connectivity index (χ1n) is 8.79. The third-order valence-corrected chi connectivity index (χ3v) is 5.00. The Morgan fingerprint density at radius 3 is 2.59 bits per heavy atom. The summed E-state index contributed by atoms with van der Waals surface area (Å²) in [7, 11) is 0. The Morgan fingerprint density at radius 1 is 1.22 bits per heavy atom. The van der Waals surface area contributed by atoms with Crippen LogP contribution in [0.2, 0.25) is 0 Å². The number of amides is 1. The molecule has 1 amide bonds. The van der Waals surface area contributed by atoms with Crippen molar-refractivity contribution in [3.05, 3.63) is 54.0 Å². The molecule has 1 fully saturated rings. The number of hydrogen-bond acceptors (Lipinski definition) is 4. The van der Waals surface area contributed by atoms with Gasteiger partial charge in [-0.1, -0.05) is 0 Å². The van der Waals surface area contributed by atoms with Gasteiger partial charge in [-0.05, 0) is 50.1 Å². The van der Waals surface area contributed by atoms with Gasteiger partial charge in [0, 0.05) is 25.0 Å². The molecule has 6 nitrogen and oxygen atoms in total. The Balaban J connectivity index is 1.60. The average molecular weight is 363 g/mol. The van der Waals surface area contributed by atoms with Gasteiger partial charge in [0.05, 0.1) is 17.2 Å². The van der Waals surface area contributed by atoms with Crippen molar-refractivity contribution >= 4 is 17.1 Å². The second-order valence-electron chi connectivity index (χ2n) is 7.05. The van der Waals surface area contributed by atoms with Crippen LogP contribution in [-0.4, -0.2) is 44.1 Å². The molecule has 0 spiro atoms. The molecule has 4 rings (SSSR count). The zero-order valence-corrected chi connectivity index (χ0v) is 14.9. The topological polar surface area (TPSA) is 74.8 Å². The lowest BCUT2D eigenvalue weighted by molar-refractivity contribution is 0.0504. The minimum atomic E-state index is -1.20. The van der Waals surface area contributed by atoms with E-state index in [2.05, 4.69) is 16.0 Å². The van der Waals surface area contributed by atoms with Crippen LogP contribution in [0, 0.1) is 11.3 Å². The number of rotatable bonds is 2. The molecule has 1 aromatic carbocycles. The number of piperidine rings is 1. The molecule has 0 radical (unpaired) electrons. The Morgan fingerprint density at radius 2 is 1.93 bits per heavy atom. The summed E-state index contributed by atoms with van der Waals surface area (Å²) in [5, 5.41) is 8.91. The van der Waals surface area contributed by atoms with Crippen molar-refractivity contribution in [3.63, 3.8) is 0 Å². The Hall–Kier alpha value is -3.27. The number of aromatic nitrogens is 3. The highest BCUT2D eigenvalue weighted by Gasteiger charge is 2.32. The number of alkyl halides is 1. The molecule has 0 N–H and O–H groups in total. The summed E-state index contributed by atoms with van der Waals surface area (Å²) in [5.74, 6) is -0.146. The third-order valence-electron chi connectivity index (χ3n) is 5.00. The molecule has 136 valence electrons. The zero-order valence-electron chi connectivity index (χ0n) is 14.9. The molecule has 1 saturated heterocycles. The smallest absolute Gasteiger partial charge is 0.255 e. The molecular weight excluding hydrogens is 345 g/mol. The van der Waals surface area contributed by atoms with Crippen molar-refractivity contribution in [2.75, 3.05) is 13.1 Å². The Bertz CT molecular complexity index is 1040. The van der Waals surface area contributed by atoms with Crippen molar-refractivity contribution in [1.82, 2.24) is 19.4 Å². The highest BCUT2D eigenvalue weighted by Crippen LogP contribution is 2.27. The number of benzene rings is 1. The van der Waals surface area contributed by atoms with E-state index in [0.717, 1.165) is 5.69 Å². The number of hydrogen-bond donors (Lipinski definition) is 0. The predicted octanol–water partition coefficient (Wildman–Crippen LogP) is 3.26. The summed E-state index contributed by atoms with van der Waals surface area (Å²) in [6.45, 7) is 2.39. The normalized spacial score (nSPS) is 16.3. The van der Waals surface area contributed by atoms with Gasteiger partial charge < -0.3 is 4.90 Å². The van der Waals surface area contributed by atoms with E-state index >= 15 is 0 Å². The highest BCUT2D eigenvalue weighted by molar-refractivity contribution is 5.96. The van der Waals surface area contributed by atoms with Crippen LogP contribution in [0.5, 0.6) is 0 Å². The van der Waals surface area contributed by atoms with E-state index in [9.17, 15) is 9.18 Å². The van der Waals surface area contributed by atoms with Crippen molar-refractivity contribution in [2.45, 2.75) is 25.4 Å². The van der Waals surface area contributed by atoms with E-state index in [0.29, 0.717) is 48.2 Å². The van der Waals surface area contributed by atoms with Gasteiger partial charge in [0.15, 0.2) is 5.65 Å². The number of fused-ring (bicyclic) bond motifs is 1. The number of pyridine rings is 1. The molecule has 0 bridgehead atoms. The van der Waals surface area contributed by atoms with Crippen molar-refractivity contribution in [1.29, 1.82) is 5.26 Å². The molecule has 0 aliphatic carbocycles. The second kappa shape index (κ2) is 6.47. The quantitative estimate of drug-likeness (QED) is 0.700. The summed E-state index contributed by atoms with van der Waals surface area (Å²) in [6.07, 6.45) is 3.88. The zero-order chi connectivity index (χ0) is 19.0. The number of carbonyl (C=O) groups excluding carboxylic acids is 1. The molecule has 0 unspecified atom stereocenters. The van der Waals surface area contributed by atoms with Crippen LogP contribution in [0.25, 0.3) is 16.9 Å². The highest BCUT2D eigenvalue weighted by atomic mass is 19.1. The lowest BCUT2D eigenvalue weighted by atomic mass is 9.95. The van der Waals surface area contributed by atoms with Gasteiger partial charge in [0.1, 0.15) is 17.5 Å². The largest absolute Gasteiger partial charge is 0.338 e. The van der Waals surface area contributed by atoms with Crippen LogP contribution in [0.1, 0.15) is 35.7 Å². The van der Waals surface area contributed by atoms with Gasteiger partial charge in [0.25, 0.3) is 5.91 Å². The van der Waals surface area contributed by atoms with Gasteiger partial charge in [-0.15, -0.1) is 0 Å². The summed E-state index contributed by atoms with van der Waals surface area (Å²) < 4.78 is 15.8. The summed E-state index contributed by atoms with van der Waals surface area (Å²) in [4.78, 5) is 23.1. The number of imidazole rings is 1. The van der Waals surface area contributed by atoms with Crippen LogP contribution in [-0.2, 0) is 0 Å². The molecule has 1 aliphatic heterocycles. The van der Waals surface area contributed by atoms with Crippen molar-refractivity contribution < 1.29 is 9.18 Å². The number of nitriles is 1. The van der Waals surface area contributed by atoms with Crippen molar-refractivity contribution in [3.8, 4) is 11.8 Å². The molecule has 3 heterocycles. The molecule has 1 aliphatic rings. The lowest BCUT2D eigenvalue weighted by Crippen LogP contribution is -2.43. The monoisotopic (exact) mass is 363 g/mol. The number of nitrogens with zero attached hydrogens (tertiary/aromatic N) is 5. The molecule has 7 heteroatoms. The van der Waals surface area contributed by atoms with Crippen LogP contribution < -0.4 is 0 Å². The van der Waals surface area contributed by atoms with Gasteiger partial charge in [-0.2, -0.15) is 5.26 Å². The predicted molar refractivity (Wildman–Crippen MR) is 98.2 cm³/mol. The van der Waals surface area contributed by atoms with Crippen LogP contribution >= 0.6 is 0 Å². The number of carbonyl (C=O) groups is 1. The summed E-state index contributed by atoms with van der Waals surface area (Å²) in [6, 6.07) is 10.9. The number of likely N-dealkylation sites (tertiary alicyclic amines) is 1. The van der Waals surface area contributed by atoms with Gasteiger partial charge >= 0.3 is 0 Å². The van der Waals surface area contributed by atoms with E-state index in [4.69, 9.17) is 5.26 Å². The second-order valence-corrected chi connectivity index (χ2v) is 7.05. The third kappa shape index (κ3) is 3.26. The van der Waals surface area contributed by atoms with Crippen LogP contribution in [0.4, 0.5) is 4.39 Å².